The Bertz CT molecular complexity index is 604. The Morgan fingerprint density at radius 1 is 1.30 bits per heavy atom. The highest BCUT2D eigenvalue weighted by Crippen LogP contribution is 2.38. The van der Waals surface area contributed by atoms with Crippen molar-refractivity contribution in [2.75, 3.05) is 20.2 Å². The lowest BCUT2D eigenvalue weighted by Gasteiger charge is -2.30. The number of benzene rings is 1. The third-order valence-corrected chi connectivity index (χ3v) is 6.35. The van der Waals surface area contributed by atoms with Gasteiger partial charge in [-0.3, -0.25) is 0 Å². The highest BCUT2D eigenvalue weighted by molar-refractivity contribution is 7.89. The maximum Gasteiger partial charge on any atom is 0.244 e. The molecule has 0 spiro atoms. The minimum absolute atomic E-state index is 0.0178. The molecule has 1 aromatic carbocycles. The number of piperidine rings is 1. The van der Waals surface area contributed by atoms with E-state index in [1.807, 2.05) is 6.92 Å². The molecule has 1 atom stereocenters. The van der Waals surface area contributed by atoms with Gasteiger partial charge in [0.2, 0.25) is 10.0 Å². The van der Waals surface area contributed by atoms with Gasteiger partial charge in [0.1, 0.15) is 15.7 Å². The molecule has 0 saturated carbocycles. The molecule has 20 heavy (non-hydrogen) atoms. The van der Waals surface area contributed by atoms with Gasteiger partial charge in [-0.2, -0.15) is 4.31 Å². The summed E-state index contributed by atoms with van der Waals surface area (Å²) in [6.07, 6.45) is 1.91. The Balaban J connectivity index is 2.42. The molecule has 0 aliphatic carbocycles. The Morgan fingerprint density at radius 3 is 2.60 bits per heavy atom. The van der Waals surface area contributed by atoms with E-state index in [1.54, 1.807) is 0 Å². The average molecular weight is 338 g/mol. The van der Waals surface area contributed by atoms with Crippen LogP contribution in [0.15, 0.2) is 17.0 Å². The summed E-state index contributed by atoms with van der Waals surface area (Å²) in [6, 6.07) is 2.97. The highest BCUT2D eigenvalue weighted by atomic mass is 35.5. The molecule has 0 radical (unpaired) electrons. The molecule has 0 aromatic heterocycles. The number of methoxy groups -OCH3 is 1. The van der Waals surface area contributed by atoms with Gasteiger partial charge in [-0.25, -0.2) is 8.42 Å². The van der Waals surface area contributed by atoms with E-state index >= 15 is 0 Å². The van der Waals surface area contributed by atoms with Crippen LogP contribution < -0.4 is 4.74 Å². The molecule has 1 aliphatic heterocycles. The van der Waals surface area contributed by atoms with Crippen LogP contribution in [0.4, 0.5) is 0 Å². The standard InChI is InChI=1S/C13H17Cl2NO3S/c1-9-4-3-7-16(8-9)20(17,18)11-6-5-10(19-2)12(14)13(11)15/h5-6,9H,3-4,7-8H2,1-2H3/t9-/m1/s1. The molecule has 112 valence electrons. The number of sulfonamides is 1. The summed E-state index contributed by atoms with van der Waals surface area (Å²) in [7, 11) is -2.16. The lowest BCUT2D eigenvalue weighted by molar-refractivity contribution is 0.281. The molecule has 1 saturated heterocycles. The Morgan fingerprint density at radius 2 is 2.00 bits per heavy atom. The predicted octanol–water partition coefficient (Wildman–Crippen LogP) is 3.42. The summed E-state index contributed by atoms with van der Waals surface area (Å²) < 4.78 is 31.8. The van der Waals surface area contributed by atoms with E-state index in [0.29, 0.717) is 24.8 Å². The first-order valence-electron chi connectivity index (χ1n) is 6.40. The number of halogens is 2. The quantitative estimate of drug-likeness (QED) is 0.848. The van der Waals surface area contributed by atoms with Crippen LogP contribution in [-0.4, -0.2) is 32.9 Å². The summed E-state index contributed by atoms with van der Waals surface area (Å²) in [5.41, 5.74) is 0. The zero-order valence-electron chi connectivity index (χ0n) is 11.4. The van der Waals surface area contributed by atoms with Crippen LogP contribution in [0, 0.1) is 5.92 Å². The molecule has 1 aliphatic rings. The van der Waals surface area contributed by atoms with Crippen LogP contribution >= 0.6 is 23.2 Å². The third kappa shape index (κ3) is 2.91. The monoisotopic (exact) mass is 337 g/mol. The summed E-state index contributed by atoms with van der Waals surface area (Å²) >= 11 is 12.1. The molecule has 1 heterocycles. The Hall–Kier alpha value is -0.490. The Kier molecular flexibility index (Phi) is 4.84. The fourth-order valence-electron chi connectivity index (χ4n) is 2.37. The van der Waals surface area contributed by atoms with E-state index in [4.69, 9.17) is 27.9 Å². The first-order valence-corrected chi connectivity index (χ1v) is 8.59. The summed E-state index contributed by atoms with van der Waals surface area (Å²) in [6.45, 7) is 3.08. The molecular formula is C13H17Cl2NO3S. The molecule has 0 bridgehead atoms. The van der Waals surface area contributed by atoms with Crippen molar-refractivity contribution in [3.05, 3.63) is 22.2 Å². The largest absolute Gasteiger partial charge is 0.495 e. The molecule has 0 unspecified atom stereocenters. The van der Waals surface area contributed by atoms with Gasteiger partial charge in [0.25, 0.3) is 0 Å². The maximum atomic E-state index is 12.6. The van der Waals surface area contributed by atoms with Crippen LogP contribution in [0.25, 0.3) is 0 Å². The second-order valence-corrected chi connectivity index (χ2v) is 7.67. The predicted molar refractivity (Wildman–Crippen MR) is 80.2 cm³/mol. The molecular weight excluding hydrogens is 321 g/mol. The number of hydrogen-bond acceptors (Lipinski definition) is 3. The summed E-state index contributed by atoms with van der Waals surface area (Å²) in [4.78, 5) is 0.0408. The fraction of sp³-hybridized carbons (Fsp3) is 0.538. The van der Waals surface area contributed by atoms with Gasteiger partial charge in [0.15, 0.2) is 0 Å². The number of hydrogen-bond donors (Lipinski definition) is 0. The number of nitrogens with zero attached hydrogens (tertiary/aromatic N) is 1. The van der Waals surface area contributed by atoms with E-state index in [9.17, 15) is 8.42 Å². The summed E-state index contributed by atoms with van der Waals surface area (Å²) in [5, 5.41) is 0.143. The van der Waals surface area contributed by atoms with Gasteiger partial charge < -0.3 is 4.74 Å². The van der Waals surface area contributed by atoms with Crippen molar-refractivity contribution in [1.29, 1.82) is 0 Å². The van der Waals surface area contributed by atoms with Gasteiger partial charge in [-0.1, -0.05) is 30.1 Å². The SMILES string of the molecule is COc1ccc(S(=O)(=O)N2CCC[C@@H](C)C2)c(Cl)c1Cl. The van der Waals surface area contributed by atoms with Crippen molar-refractivity contribution in [1.82, 2.24) is 4.31 Å². The zero-order valence-corrected chi connectivity index (χ0v) is 13.7. The molecule has 7 heteroatoms. The van der Waals surface area contributed by atoms with Crippen molar-refractivity contribution >= 4 is 33.2 Å². The van der Waals surface area contributed by atoms with Gasteiger partial charge in [0.05, 0.1) is 12.1 Å². The van der Waals surface area contributed by atoms with Crippen LogP contribution in [0.1, 0.15) is 19.8 Å². The topological polar surface area (TPSA) is 46.6 Å². The van der Waals surface area contributed by atoms with E-state index in [1.165, 1.54) is 23.5 Å². The lowest BCUT2D eigenvalue weighted by atomic mass is 10.0. The Labute approximate surface area is 129 Å². The van der Waals surface area contributed by atoms with Crippen molar-refractivity contribution < 1.29 is 13.2 Å². The fourth-order valence-corrected chi connectivity index (χ4v) is 4.79. The van der Waals surface area contributed by atoms with E-state index in [2.05, 4.69) is 0 Å². The second kappa shape index (κ2) is 6.10. The van der Waals surface area contributed by atoms with Crippen molar-refractivity contribution in [3.8, 4) is 5.75 Å². The average Bonchev–Trinajstić information content (AvgIpc) is 2.41. The van der Waals surface area contributed by atoms with E-state index in [0.717, 1.165) is 12.8 Å². The number of rotatable bonds is 3. The van der Waals surface area contributed by atoms with Gasteiger partial charge in [-0.05, 0) is 30.9 Å². The van der Waals surface area contributed by atoms with Gasteiger partial charge in [0, 0.05) is 13.1 Å². The molecule has 0 amide bonds. The molecule has 4 nitrogen and oxygen atoms in total. The first-order chi connectivity index (χ1) is 9.37. The van der Waals surface area contributed by atoms with Gasteiger partial charge in [-0.15, -0.1) is 0 Å². The van der Waals surface area contributed by atoms with Crippen molar-refractivity contribution in [3.63, 3.8) is 0 Å². The zero-order chi connectivity index (χ0) is 14.9. The van der Waals surface area contributed by atoms with Crippen molar-refractivity contribution in [2.45, 2.75) is 24.7 Å². The molecule has 1 fully saturated rings. The van der Waals surface area contributed by atoms with E-state index in [-0.39, 0.29) is 14.9 Å². The minimum Gasteiger partial charge on any atom is -0.495 e. The van der Waals surface area contributed by atoms with Crippen molar-refractivity contribution in [2.24, 2.45) is 5.92 Å². The van der Waals surface area contributed by atoms with Crippen LogP contribution in [0.3, 0.4) is 0 Å². The first kappa shape index (κ1) is 15.9. The van der Waals surface area contributed by atoms with Gasteiger partial charge >= 0.3 is 0 Å². The normalized spacial score (nSPS) is 20.9. The van der Waals surface area contributed by atoms with E-state index < -0.39 is 10.0 Å². The van der Waals surface area contributed by atoms with Crippen LogP contribution in [0.5, 0.6) is 5.75 Å². The molecule has 2 rings (SSSR count). The lowest BCUT2D eigenvalue weighted by Crippen LogP contribution is -2.39. The van der Waals surface area contributed by atoms with Crippen LogP contribution in [-0.2, 0) is 10.0 Å². The second-order valence-electron chi connectivity index (χ2n) is 5.00. The molecule has 0 N–H and O–H groups in total. The van der Waals surface area contributed by atoms with Crippen LogP contribution in [0.2, 0.25) is 10.0 Å². The molecule has 1 aromatic rings. The minimum atomic E-state index is -3.61. The smallest absolute Gasteiger partial charge is 0.244 e. The number of ether oxygens (including phenoxy) is 1. The third-order valence-electron chi connectivity index (χ3n) is 3.47. The highest BCUT2D eigenvalue weighted by Gasteiger charge is 2.31. The maximum absolute atomic E-state index is 12.6. The summed E-state index contributed by atoms with van der Waals surface area (Å²) in [5.74, 6) is 0.716.